The predicted octanol–water partition coefficient (Wildman–Crippen LogP) is 3.75. The van der Waals surface area contributed by atoms with Crippen molar-refractivity contribution >= 4 is 21.6 Å². The molecule has 1 aliphatic heterocycles. The van der Waals surface area contributed by atoms with Crippen LogP contribution in [0.5, 0.6) is 5.75 Å². The highest BCUT2D eigenvalue weighted by atomic mass is 32.2. The van der Waals surface area contributed by atoms with Crippen molar-refractivity contribution in [2.24, 2.45) is 0 Å². The van der Waals surface area contributed by atoms with Gasteiger partial charge in [0.2, 0.25) is 0 Å². The van der Waals surface area contributed by atoms with E-state index in [-0.39, 0.29) is 16.3 Å². The number of methoxy groups -OCH3 is 1. The van der Waals surface area contributed by atoms with Gasteiger partial charge in [0.15, 0.2) is 0 Å². The Hall–Kier alpha value is -2.58. The molecule has 0 spiro atoms. The molecule has 1 aliphatic rings. The van der Waals surface area contributed by atoms with Crippen LogP contribution in [0, 0.1) is 6.92 Å². The normalized spacial score (nSPS) is 15.8. The number of hydrogen-bond acceptors (Lipinski definition) is 5. The molecule has 1 saturated heterocycles. The fourth-order valence-electron chi connectivity index (χ4n) is 3.83. The van der Waals surface area contributed by atoms with Gasteiger partial charge in [0, 0.05) is 43.0 Å². The van der Waals surface area contributed by atoms with Crippen molar-refractivity contribution in [1.29, 1.82) is 0 Å². The molecular formula is C24H33N3O4S. The third-order valence-corrected chi connectivity index (χ3v) is 7.20. The quantitative estimate of drug-likeness (QED) is 0.737. The van der Waals surface area contributed by atoms with Gasteiger partial charge in [-0.1, -0.05) is 6.07 Å². The lowest BCUT2D eigenvalue weighted by Gasteiger charge is -2.34. The van der Waals surface area contributed by atoms with E-state index in [0.717, 1.165) is 25.1 Å². The van der Waals surface area contributed by atoms with Crippen molar-refractivity contribution in [1.82, 2.24) is 9.80 Å². The highest BCUT2D eigenvalue weighted by Crippen LogP contribution is 2.23. The molecular weight excluding hydrogens is 426 g/mol. The van der Waals surface area contributed by atoms with Crippen molar-refractivity contribution in [2.75, 3.05) is 38.0 Å². The lowest BCUT2D eigenvalue weighted by molar-refractivity contribution is 0.0748. The molecule has 0 saturated carbocycles. The molecule has 174 valence electrons. The maximum Gasteiger partial charge on any atom is 0.261 e. The number of nitrogens with zero attached hydrogens (tertiary/aromatic N) is 2. The largest absolute Gasteiger partial charge is 0.497 e. The Morgan fingerprint density at radius 1 is 1.00 bits per heavy atom. The van der Waals surface area contributed by atoms with E-state index in [4.69, 9.17) is 4.74 Å². The van der Waals surface area contributed by atoms with E-state index in [1.165, 1.54) is 12.1 Å². The highest BCUT2D eigenvalue weighted by molar-refractivity contribution is 7.92. The summed E-state index contributed by atoms with van der Waals surface area (Å²) in [4.78, 5) is 17.6. The molecule has 8 heteroatoms. The number of sulfonamides is 1. The number of rotatable bonds is 5. The first-order valence-electron chi connectivity index (χ1n) is 10.8. The number of nitrogens with one attached hydrogen (secondary N) is 1. The monoisotopic (exact) mass is 459 g/mol. The molecule has 1 heterocycles. The lowest BCUT2D eigenvalue weighted by atomic mass is 10.1. The molecule has 2 aromatic carbocycles. The molecule has 0 aromatic heterocycles. The number of anilines is 1. The zero-order valence-electron chi connectivity index (χ0n) is 19.5. The zero-order chi connectivity index (χ0) is 23.5. The molecule has 0 bridgehead atoms. The summed E-state index contributed by atoms with van der Waals surface area (Å²) in [5, 5.41) is 0. The summed E-state index contributed by atoms with van der Waals surface area (Å²) >= 11 is 0. The van der Waals surface area contributed by atoms with Gasteiger partial charge in [-0.15, -0.1) is 0 Å². The van der Waals surface area contributed by atoms with Crippen molar-refractivity contribution in [2.45, 2.75) is 44.6 Å². The van der Waals surface area contributed by atoms with Crippen molar-refractivity contribution in [3.63, 3.8) is 0 Å². The lowest BCUT2D eigenvalue weighted by Crippen LogP contribution is -2.44. The third kappa shape index (κ3) is 5.61. The number of amides is 1. The molecule has 0 radical (unpaired) electrons. The molecule has 3 rings (SSSR count). The maximum absolute atomic E-state index is 13.3. The highest BCUT2D eigenvalue weighted by Gasteiger charge is 2.27. The topological polar surface area (TPSA) is 78.9 Å². The van der Waals surface area contributed by atoms with Gasteiger partial charge in [-0.2, -0.15) is 0 Å². The fourth-order valence-corrected chi connectivity index (χ4v) is 4.92. The van der Waals surface area contributed by atoms with Crippen LogP contribution in [0.2, 0.25) is 0 Å². The van der Waals surface area contributed by atoms with Crippen LogP contribution < -0.4 is 9.46 Å². The van der Waals surface area contributed by atoms with E-state index in [9.17, 15) is 13.2 Å². The SMILES string of the molecule is COc1ccc(NS(=O)(=O)c2ccc(C)c(C(=O)N3CCCN(C(C)(C)C)CC3)c2)cc1. The van der Waals surface area contributed by atoms with E-state index in [2.05, 4.69) is 30.4 Å². The van der Waals surface area contributed by atoms with Crippen molar-refractivity contribution in [3.05, 3.63) is 53.6 Å². The Kier molecular flexibility index (Phi) is 7.15. The summed E-state index contributed by atoms with van der Waals surface area (Å²) < 4.78 is 33.6. The first-order chi connectivity index (χ1) is 15.0. The van der Waals surface area contributed by atoms with Crippen LogP contribution in [-0.4, -0.2) is 63.0 Å². The average molecular weight is 460 g/mol. The van der Waals surface area contributed by atoms with Gasteiger partial charge in [0.05, 0.1) is 12.0 Å². The van der Waals surface area contributed by atoms with Crippen molar-refractivity contribution in [3.8, 4) is 5.75 Å². The average Bonchev–Trinajstić information content (AvgIpc) is 3.00. The summed E-state index contributed by atoms with van der Waals surface area (Å²) in [5.41, 5.74) is 1.66. The number of ether oxygens (including phenoxy) is 1. The standard InChI is InChI=1S/C24H33N3O4S/c1-18-7-12-21(32(29,30)25-19-8-10-20(31-5)11-9-19)17-22(18)23(28)26-13-6-14-27(16-15-26)24(2,3)4/h7-12,17,25H,6,13-16H2,1-5H3. The Morgan fingerprint density at radius 2 is 1.69 bits per heavy atom. The summed E-state index contributed by atoms with van der Waals surface area (Å²) in [6.07, 6.45) is 0.888. The predicted molar refractivity (Wildman–Crippen MR) is 127 cm³/mol. The molecule has 0 aliphatic carbocycles. The number of hydrogen-bond donors (Lipinski definition) is 1. The second-order valence-electron chi connectivity index (χ2n) is 9.11. The van der Waals surface area contributed by atoms with Crippen LogP contribution >= 0.6 is 0 Å². The Bertz CT molecular complexity index is 1060. The van der Waals surface area contributed by atoms with Crippen LogP contribution in [0.15, 0.2) is 47.4 Å². The molecule has 1 amide bonds. The molecule has 1 fully saturated rings. The van der Waals surface area contributed by atoms with E-state index < -0.39 is 10.0 Å². The number of carbonyl (C=O) groups is 1. The molecule has 0 atom stereocenters. The van der Waals surface area contributed by atoms with Gasteiger partial charge in [-0.25, -0.2) is 8.42 Å². The summed E-state index contributed by atoms with van der Waals surface area (Å²) in [6.45, 7) is 11.4. The van der Waals surface area contributed by atoms with Crippen molar-refractivity contribution < 1.29 is 17.9 Å². The fraction of sp³-hybridized carbons (Fsp3) is 0.458. The van der Waals surface area contributed by atoms with E-state index >= 15 is 0 Å². The molecule has 7 nitrogen and oxygen atoms in total. The van der Waals surface area contributed by atoms with Crippen LogP contribution in [0.4, 0.5) is 5.69 Å². The smallest absolute Gasteiger partial charge is 0.261 e. The zero-order valence-corrected chi connectivity index (χ0v) is 20.3. The van der Waals surface area contributed by atoms with E-state index in [1.54, 1.807) is 37.4 Å². The minimum absolute atomic E-state index is 0.0517. The van der Waals surface area contributed by atoms with Gasteiger partial charge in [-0.3, -0.25) is 14.4 Å². The second kappa shape index (κ2) is 9.50. The second-order valence-corrected chi connectivity index (χ2v) is 10.8. The molecule has 2 aromatic rings. The number of aryl methyl sites for hydroxylation is 1. The molecule has 0 unspecified atom stereocenters. The third-order valence-electron chi connectivity index (χ3n) is 5.82. The summed E-state index contributed by atoms with van der Waals surface area (Å²) in [5.74, 6) is 0.512. The number of carbonyl (C=O) groups excluding carboxylic acids is 1. The minimum Gasteiger partial charge on any atom is -0.497 e. The Labute approximate surface area is 191 Å². The van der Waals surface area contributed by atoms with Crippen LogP contribution in [0.3, 0.4) is 0 Å². The summed E-state index contributed by atoms with van der Waals surface area (Å²) in [7, 11) is -2.29. The van der Waals surface area contributed by atoms with Gasteiger partial charge in [0.25, 0.3) is 15.9 Å². The Morgan fingerprint density at radius 3 is 2.31 bits per heavy atom. The first kappa shape index (κ1) is 24.1. The maximum atomic E-state index is 13.3. The summed E-state index contributed by atoms with van der Waals surface area (Å²) in [6, 6.07) is 11.3. The number of benzene rings is 2. The molecule has 1 N–H and O–H groups in total. The van der Waals surface area contributed by atoms with Crippen LogP contribution in [0.25, 0.3) is 0 Å². The van der Waals surface area contributed by atoms with E-state index in [1.807, 2.05) is 11.8 Å². The van der Waals surface area contributed by atoms with Gasteiger partial charge in [0.1, 0.15) is 5.75 Å². The van der Waals surface area contributed by atoms with Crippen LogP contribution in [0.1, 0.15) is 43.1 Å². The van der Waals surface area contributed by atoms with Crippen LogP contribution in [-0.2, 0) is 10.0 Å². The van der Waals surface area contributed by atoms with Gasteiger partial charge >= 0.3 is 0 Å². The van der Waals surface area contributed by atoms with Gasteiger partial charge in [-0.05, 0) is 76.1 Å². The first-order valence-corrected chi connectivity index (χ1v) is 12.3. The van der Waals surface area contributed by atoms with Gasteiger partial charge < -0.3 is 9.64 Å². The Balaban J connectivity index is 1.80. The minimum atomic E-state index is -3.84. The van der Waals surface area contributed by atoms with E-state index in [0.29, 0.717) is 30.1 Å². The molecule has 32 heavy (non-hydrogen) atoms.